The van der Waals surface area contributed by atoms with Crippen LogP contribution in [0.25, 0.3) is 0 Å². The SMILES string of the molecule is O=S(O)C1=NCCc2ccccc21. The standard InChI is InChI=1S/C9H9NO2S/c11-13(12)9-8-4-2-1-3-7(8)5-6-10-9/h1-4H,5-6H2,(H,11,12). The van der Waals surface area contributed by atoms with Gasteiger partial charge < -0.3 is 4.55 Å². The van der Waals surface area contributed by atoms with E-state index in [1.807, 2.05) is 24.3 Å². The van der Waals surface area contributed by atoms with Crippen molar-refractivity contribution in [3.8, 4) is 0 Å². The van der Waals surface area contributed by atoms with Crippen molar-refractivity contribution in [3.63, 3.8) is 0 Å². The largest absolute Gasteiger partial charge is 0.301 e. The van der Waals surface area contributed by atoms with Crippen molar-refractivity contribution >= 4 is 16.1 Å². The van der Waals surface area contributed by atoms with Gasteiger partial charge in [-0.3, -0.25) is 4.99 Å². The fraction of sp³-hybridized carbons (Fsp3) is 0.222. The fourth-order valence-corrected chi connectivity index (χ4v) is 2.05. The maximum Gasteiger partial charge on any atom is 0.205 e. The third kappa shape index (κ3) is 1.55. The summed E-state index contributed by atoms with van der Waals surface area (Å²) in [6.45, 7) is 0.610. The Labute approximate surface area is 78.8 Å². The molecule has 1 unspecified atom stereocenters. The van der Waals surface area contributed by atoms with Gasteiger partial charge in [-0.15, -0.1) is 0 Å². The van der Waals surface area contributed by atoms with Crippen LogP contribution in [0.5, 0.6) is 0 Å². The molecule has 1 aliphatic rings. The minimum absolute atomic E-state index is 0.307. The second-order valence-electron chi connectivity index (χ2n) is 2.84. The Kier molecular flexibility index (Phi) is 2.24. The zero-order chi connectivity index (χ0) is 9.26. The molecule has 68 valence electrons. The summed E-state index contributed by atoms with van der Waals surface area (Å²) in [7, 11) is 0. The smallest absolute Gasteiger partial charge is 0.205 e. The van der Waals surface area contributed by atoms with E-state index in [0.717, 1.165) is 17.5 Å². The molecule has 1 aromatic rings. The number of fused-ring (bicyclic) bond motifs is 1. The summed E-state index contributed by atoms with van der Waals surface area (Å²) in [5.74, 6) is 0. The first-order valence-electron chi connectivity index (χ1n) is 4.02. The average molecular weight is 195 g/mol. The lowest BCUT2D eigenvalue weighted by Crippen LogP contribution is -2.16. The summed E-state index contributed by atoms with van der Waals surface area (Å²) in [5, 5.41) is 0.307. The maximum absolute atomic E-state index is 10.9. The molecule has 0 aliphatic carbocycles. The van der Waals surface area contributed by atoms with Gasteiger partial charge in [0.2, 0.25) is 11.1 Å². The summed E-state index contributed by atoms with van der Waals surface area (Å²) in [4.78, 5) is 4.04. The number of hydrogen-bond acceptors (Lipinski definition) is 2. The molecule has 1 heterocycles. The maximum atomic E-state index is 10.9. The van der Waals surface area contributed by atoms with E-state index in [1.54, 1.807) is 0 Å². The van der Waals surface area contributed by atoms with E-state index >= 15 is 0 Å². The Balaban J connectivity index is 2.53. The minimum Gasteiger partial charge on any atom is -0.301 e. The first-order valence-corrected chi connectivity index (χ1v) is 5.13. The third-order valence-corrected chi connectivity index (χ3v) is 2.73. The average Bonchev–Trinajstić information content (AvgIpc) is 2.17. The van der Waals surface area contributed by atoms with E-state index in [0.29, 0.717) is 11.6 Å². The lowest BCUT2D eigenvalue weighted by atomic mass is 10.0. The van der Waals surface area contributed by atoms with E-state index in [1.165, 1.54) is 0 Å². The summed E-state index contributed by atoms with van der Waals surface area (Å²) in [6, 6.07) is 7.59. The van der Waals surface area contributed by atoms with Crippen molar-refractivity contribution in [3.05, 3.63) is 35.4 Å². The fourth-order valence-electron chi connectivity index (χ4n) is 1.46. The molecule has 0 radical (unpaired) electrons. The van der Waals surface area contributed by atoms with E-state index in [-0.39, 0.29) is 0 Å². The van der Waals surface area contributed by atoms with Crippen LogP contribution in [-0.4, -0.2) is 20.4 Å². The van der Waals surface area contributed by atoms with Gasteiger partial charge in [0.25, 0.3) is 0 Å². The Hall–Kier alpha value is -1.00. The second kappa shape index (κ2) is 3.40. The van der Waals surface area contributed by atoms with Crippen LogP contribution in [0, 0.1) is 0 Å². The van der Waals surface area contributed by atoms with Gasteiger partial charge in [-0.1, -0.05) is 24.3 Å². The van der Waals surface area contributed by atoms with Crippen molar-refractivity contribution in [2.75, 3.05) is 6.54 Å². The van der Waals surface area contributed by atoms with Crippen molar-refractivity contribution in [1.29, 1.82) is 0 Å². The quantitative estimate of drug-likeness (QED) is 0.632. The molecule has 1 aliphatic heterocycles. The van der Waals surface area contributed by atoms with Crippen LogP contribution in [-0.2, 0) is 17.5 Å². The topological polar surface area (TPSA) is 49.7 Å². The highest BCUT2D eigenvalue weighted by molar-refractivity contribution is 7.96. The second-order valence-corrected chi connectivity index (χ2v) is 3.73. The van der Waals surface area contributed by atoms with Gasteiger partial charge in [0.05, 0.1) is 0 Å². The highest BCUT2D eigenvalue weighted by atomic mass is 32.2. The van der Waals surface area contributed by atoms with Gasteiger partial charge in [-0.2, -0.15) is 0 Å². The molecule has 1 N–H and O–H groups in total. The predicted octanol–water partition coefficient (Wildman–Crippen LogP) is 1.21. The lowest BCUT2D eigenvalue weighted by Gasteiger charge is -2.13. The number of aliphatic imine (C=N–C) groups is 1. The van der Waals surface area contributed by atoms with E-state index in [2.05, 4.69) is 4.99 Å². The molecule has 0 amide bonds. The molecule has 3 nitrogen and oxygen atoms in total. The molecule has 0 saturated heterocycles. The van der Waals surface area contributed by atoms with Crippen LogP contribution < -0.4 is 0 Å². The van der Waals surface area contributed by atoms with Gasteiger partial charge in [-0.05, 0) is 12.0 Å². The van der Waals surface area contributed by atoms with Crippen LogP contribution in [0.1, 0.15) is 11.1 Å². The van der Waals surface area contributed by atoms with Crippen LogP contribution in [0.4, 0.5) is 0 Å². The zero-order valence-electron chi connectivity index (χ0n) is 6.93. The molecule has 0 saturated carbocycles. The molecular weight excluding hydrogens is 186 g/mol. The van der Waals surface area contributed by atoms with Gasteiger partial charge in [0.1, 0.15) is 0 Å². The summed E-state index contributed by atoms with van der Waals surface area (Å²) >= 11 is -1.96. The number of hydrogen-bond donors (Lipinski definition) is 1. The van der Waals surface area contributed by atoms with E-state index in [4.69, 9.17) is 4.55 Å². The number of nitrogens with zero attached hydrogens (tertiary/aromatic N) is 1. The Morgan fingerprint density at radius 3 is 2.92 bits per heavy atom. The summed E-state index contributed by atoms with van der Waals surface area (Å²) in [6.07, 6.45) is 0.858. The zero-order valence-corrected chi connectivity index (χ0v) is 7.75. The number of rotatable bonds is 0. The van der Waals surface area contributed by atoms with Gasteiger partial charge in [0.15, 0.2) is 5.04 Å². The molecular formula is C9H9NO2S. The van der Waals surface area contributed by atoms with Gasteiger partial charge in [0, 0.05) is 12.1 Å². The van der Waals surface area contributed by atoms with Crippen molar-refractivity contribution < 1.29 is 8.76 Å². The van der Waals surface area contributed by atoms with Crippen molar-refractivity contribution in [1.82, 2.24) is 0 Å². The molecule has 0 bridgehead atoms. The number of benzene rings is 1. The van der Waals surface area contributed by atoms with Crippen molar-refractivity contribution in [2.45, 2.75) is 6.42 Å². The Morgan fingerprint density at radius 2 is 2.15 bits per heavy atom. The van der Waals surface area contributed by atoms with Crippen LogP contribution in [0.3, 0.4) is 0 Å². The minimum atomic E-state index is -1.96. The molecule has 1 aromatic carbocycles. The predicted molar refractivity (Wildman–Crippen MR) is 52.3 cm³/mol. The Bertz CT molecular complexity index is 387. The highest BCUT2D eigenvalue weighted by Crippen LogP contribution is 2.16. The van der Waals surface area contributed by atoms with E-state index < -0.39 is 11.1 Å². The van der Waals surface area contributed by atoms with Crippen LogP contribution >= 0.6 is 0 Å². The van der Waals surface area contributed by atoms with Gasteiger partial charge >= 0.3 is 0 Å². The van der Waals surface area contributed by atoms with Crippen LogP contribution in [0.15, 0.2) is 29.3 Å². The van der Waals surface area contributed by atoms with Crippen LogP contribution in [0.2, 0.25) is 0 Å². The molecule has 0 aromatic heterocycles. The third-order valence-electron chi connectivity index (χ3n) is 2.05. The first kappa shape index (κ1) is 8.59. The summed E-state index contributed by atoms with van der Waals surface area (Å²) < 4.78 is 19.9. The highest BCUT2D eigenvalue weighted by Gasteiger charge is 2.16. The molecule has 1 atom stereocenters. The van der Waals surface area contributed by atoms with Crippen molar-refractivity contribution in [2.24, 2.45) is 4.99 Å². The van der Waals surface area contributed by atoms with E-state index in [9.17, 15) is 4.21 Å². The monoisotopic (exact) mass is 195 g/mol. The first-order chi connectivity index (χ1) is 6.29. The molecule has 4 heteroatoms. The Morgan fingerprint density at radius 1 is 1.38 bits per heavy atom. The molecule has 2 rings (SSSR count). The molecule has 0 fully saturated rings. The van der Waals surface area contributed by atoms with Gasteiger partial charge in [-0.25, -0.2) is 4.21 Å². The normalized spacial score (nSPS) is 17.5. The lowest BCUT2D eigenvalue weighted by molar-refractivity contribution is 0.577. The summed E-state index contributed by atoms with van der Waals surface area (Å²) in [5.41, 5.74) is 1.92. The molecule has 13 heavy (non-hydrogen) atoms. The molecule has 0 spiro atoms.